The van der Waals surface area contributed by atoms with Crippen molar-refractivity contribution < 1.29 is 14.3 Å². The molecule has 1 radical (unpaired) electrons. The maximum Gasteiger partial charge on any atom is 0.324 e. The predicted molar refractivity (Wildman–Crippen MR) is 179 cm³/mol. The molecule has 0 unspecified atom stereocenters. The Morgan fingerprint density at radius 2 is 1.29 bits per heavy atom. The molecule has 0 spiro atoms. The molecule has 1 rings (SSSR count). The SMILES string of the molecule is CCCCCCCCCCCCCCCCNC(=O)N([C]=O)CCCOc1ccc(C(C)(C)CC)cc1C(C)(C)CC. The fourth-order valence-electron chi connectivity index (χ4n) is 5.20. The lowest BCUT2D eigenvalue weighted by Gasteiger charge is -2.30. The Hall–Kier alpha value is -2.04. The van der Waals surface area contributed by atoms with Crippen LogP contribution in [0.5, 0.6) is 5.75 Å². The summed E-state index contributed by atoms with van der Waals surface area (Å²) in [7, 11) is 0. The number of amides is 3. The second-order valence-electron chi connectivity index (χ2n) is 13.5. The third-order valence-electron chi connectivity index (χ3n) is 9.20. The first-order valence-electron chi connectivity index (χ1n) is 17.3. The van der Waals surface area contributed by atoms with Crippen LogP contribution in [-0.4, -0.2) is 37.0 Å². The van der Waals surface area contributed by atoms with Crippen molar-refractivity contribution in [3.63, 3.8) is 0 Å². The summed E-state index contributed by atoms with van der Waals surface area (Å²) in [6.07, 6.45) is 22.7. The minimum Gasteiger partial charge on any atom is -0.493 e. The first-order chi connectivity index (χ1) is 20.1. The van der Waals surface area contributed by atoms with E-state index in [-0.39, 0.29) is 16.9 Å². The molecule has 241 valence electrons. The van der Waals surface area contributed by atoms with Crippen LogP contribution in [0, 0.1) is 0 Å². The summed E-state index contributed by atoms with van der Waals surface area (Å²) in [4.78, 5) is 25.0. The highest BCUT2D eigenvalue weighted by Gasteiger charge is 2.26. The van der Waals surface area contributed by atoms with Gasteiger partial charge in [-0.05, 0) is 48.1 Å². The number of nitrogens with one attached hydrogen (secondary N) is 1. The molecule has 0 heterocycles. The van der Waals surface area contributed by atoms with Crippen molar-refractivity contribution in [2.24, 2.45) is 0 Å². The van der Waals surface area contributed by atoms with E-state index in [1.807, 2.05) is 0 Å². The average Bonchev–Trinajstić information content (AvgIpc) is 2.98. The number of urea groups is 1. The van der Waals surface area contributed by atoms with Gasteiger partial charge in [0.15, 0.2) is 0 Å². The van der Waals surface area contributed by atoms with Crippen LogP contribution in [0.3, 0.4) is 0 Å². The van der Waals surface area contributed by atoms with Crippen molar-refractivity contribution in [1.82, 2.24) is 10.2 Å². The summed E-state index contributed by atoms with van der Waals surface area (Å²) in [6, 6.07) is 6.20. The Kier molecular flexibility index (Phi) is 19.6. The summed E-state index contributed by atoms with van der Waals surface area (Å²) in [5.74, 6) is 0.890. The van der Waals surface area contributed by atoms with Gasteiger partial charge in [-0.3, -0.25) is 9.69 Å². The number of imide groups is 1. The summed E-state index contributed by atoms with van der Waals surface area (Å²) >= 11 is 0. The topological polar surface area (TPSA) is 58.6 Å². The number of ether oxygens (including phenoxy) is 1. The van der Waals surface area contributed by atoms with E-state index in [2.05, 4.69) is 72.0 Å². The van der Waals surface area contributed by atoms with E-state index in [1.165, 1.54) is 88.2 Å². The van der Waals surface area contributed by atoms with E-state index in [1.54, 1.807) is 6.41 Å². The number of benzene rings is 1. The minimum absolute atomic E-state index is 0.00903. The summed E-state index contributed by atoms with van der Waals surface area (Å²) < 4.78 is 6.20. The highest BCUT2D eigenvalue weighted by molar-refractivity contribution is 5.84. The lowest BCUT2D eigenvalue weighted by molar-refractivity contribution is 0.214. The fourth-order valence-corrected chi connectivity index (χ4v) is 5.20. The van der Waals surface area contributed by atoms with Crippen LogP contribution in [0.15, 0.2) is 18.2 Å². The van der Waals surface area contributed by atoms with Crippen molar-refractivity contribution in [3.05, 3.63) is 29.3 Å². The van der Waals surface area contributed by atoms with Gasteiger partial charge in [-0.25, -0.2) is 4.79 Å². The first kappa shape index (κ1) is 38.0. The highest BCUT2D eigenvalue weighted by Crippen LogP contribution is 2.38. The van der Waals surface area contributed by atoms with Crippen LogP contribution < -0.4 is 10.1 Å². The van der Waals surface area contributed by atoms with Crippen LogP contribution in [0.25, 0.3) is 0 Å². The molecule has 1 N–H and O–H groups in total. The second-order valence-corrected chi connectivity index (χ2v) is 13.5. The minimum atomic E-state index is -0.362. The monoisotopic (exact) mass is 585 g/mol. The van der Waals surface area contributed by atoms with Gasteiger partial charge in [-0.15, -0.1) is 0 Å². The molecule has 42 heavy (non-hydrogen) atoms. The van der Waals surface area contributed by atoms with Gasteiger partial charge >= 0.3 is 12.4 Å². The number of rotatable bonds is 25. The number of nitrogens with zero attached hydrogens (tertiary/aromatic N) is 1. The molecule has 1 aromatic rings. The molecule has 0 saturated carbocycles. The first-order valence-corrected chi connectivity index (χ1v) is 17.3. The van der Waals surface area contributed by atoms with E-state index >= 15 is 0 Å². The Balaban J connectivity index is 2.28. The summed E-state index contributed by atoms with van der Waals surface area (Å²) in [5, 5.41) is 2.88. The number of carbonyl (C=O) groups is 1. The number of carbonyl (C=O) groups excluding carboxylic acids is 2. The number of hydrogen-bond acceptors (Lipinski definition) is 3. The molecule has 0 aliphatic heterocycles. The largest absolute Gasteiger partial charge is 0.493 e. The molecule has 0 bridgehead atoms. The highest BCUT2D eigenvalue weighted by atomic mass is 16.5. The number of hydrogen-bond donors (Lipinski definition) is 1. The molecular weight excluding hydrogens is 520 g/mol. The van der Waals surface area contributed by atoms with Gasteiger partial charge in [0.25, 0.3) is 0 Å². The maximum absolute atomic E-state index is 12.5. The van der Waals surface area contributed by atoms with Crippen molar-refractivity contribution >= 4 is 12.4 Å². The van der Waals surface area contributed by atoms with Gasteiger partial charge in [-0.2, -0.15) is 0 Å². The third-order valence-corrected chi connectivity index (χ3v) is 9.20. The standard InChI is InChI=1S/C37H65N2O3/c1-8-11-12-13-14-15-16-17-18-19-20-21-22-23-27-38-35(41)39(31-40)28-24-29-42-34-26-25-32(36(4,5)9-2)30-33(34)37(6,7)10-3/h25-26,30H,8-24,27-29H2,1-7H3,(H,38,41). The molecule has 3 amide bonds. The fraction of sp³-hybridized carbons (Fsp3) is 0.784. The van der Waals surface area contributed by atoms with Crippen molar-refractivity contribution in [2.75, 3.05) is 19.7 Å². The van der Waals surface area contributed by atoms with E-state index in [0.717, 1.165) is 36.3 Å². The van der Waals surface area contributed by atoms with E-state index < -0.39 is 0 Å². The van der Waals surface area contributed by atoms with Gasteiger partial charge in [0.1, 0.15) is 5.75 Å². The molecule has 1 aromatic carbocycles. The molecule has 0 atom stereocenters. The van der Waals surface area contributed by atoms with Crippen LogP contribution in [0.4, 0.5) is 4.79 Å². The van der Waals surface area contributed by atoms with E-state index in [9.17, 15) is 9.59 Å². The zero-order valence-corrected chi connectivity index (χ0v) is 28.5. The summed E-state index contributed by atoms with van der Waals surface area (Å²) in [5.41, 5.74) is 2.64. The van der Waals surface area contributed by atoms with Gasteiger partial charge in [0.05, 0.1) is 6.61 Å². The maximum atomic E-state index is 12.5. The van der Waals surface area contributed by atoms with Gasteiger partial charge in [0.2, 0.25) is 0 Å². The molecule has 5 nitrogen and oxygen atoms in total. The lowest BCUT2D eigenvalue weighted by Crippen LogP contribution is -2.40. The van der Waals surface area contributed by atoms with Crippen LogP contribution >= 0.6 is 0 Å². The van der Waals surface area contributed by atoms with Crippen molar-refractivity contribution in [2.45, 2.75) is 168 Å². The molecule has 0 aliphatic rings. The van der Waals surface area contributed by atoms with E-state index in [0.29, 0.717) is 26.1 Å². The molecule has 0 saturated heterocycles. The smallest absolute Gasteiger partial charge is 0.324 e. The molecule has 5 heteroatoms. The lowest BCUT2D eigenvalue weighted by atomic mass is 9.76. The quantitative estimate of drug-likeness (QED) is 0.0917. The van der Waals surface area contributed by atoms with E-state index in [4.69, 9.17) is 4.74 Å². The Morgan fingerprint density at radius 1 is 0.762 bits per heavy atom. The third kappa shape index (κ3) is 14.9. The molecule has 0 fully saturated rings. The summed E-state index contributed by atoms with van der Waals surface area (Å²) in [6.45, 7) is 17.1. The van der Waals surface area contributed by atoms with Gasteiger partial charge < -0.3 is 10.1 Å². The zero-order valence-electron chi connectivity index (χ0n) is 28.5. The van der Waals surface area contributed by atoms with Crippen LogP contribution in [-0.2, 0) is 15.6 Å². The molecule has 0 aromatic heterocycles. The van der Waals surface area contributed by atoms with Crippen molar-refractivity contribution in [3.8, 4) is 5.75 Å². The predicted octanol–water partition coefficient (Wildman–Crippen LogP) is 10.4. The average molecular weight is 586 g/mol. The van der Waals surface area contributed by atoms with Gasteiger partial charge in [-0.1, -0.05) is 144 Å². The Bertz CT molecular complexity index is 865. The second kappa shape index (κ2) is 21.6. The normalized spacial score (nSPS) is 11.9. The van der Waals surface area contributed by atoms with Gasteiger partial charge in [0, 0.05) is 18.7 Å². The Morgan fingerprint density at radius 3 is 1.79 bits per heavy atom. The zero-order chi connectivity index (χ0) is 31.3. The van der Waals surface area contributed by atoms with Crippen molar-refractivity contribution in [1.29, 1.82) is 0 Å². The van der Waals surface area contributed by atoms with Crippen LogP contribution in [0.1, 0.15) is 169 Å². The molecule has 0 aliphatic carbocycles. The molecular formula is C37H65N2O3. The number of unbranched alkanes of at least 4 members (excludes halogenated alkanes) is 13. The van der Waals surface area contributed by atoms with Crippen LogP contribution in [0.2, 0.25) is 0 Å². The Labute approximate surface area is 259 Å².